The summed E-state index contributed by atoms with van der Waals surface area (Å²) in [5, 5.41) is 2.51. The number of nitrogens with zero attached hydrogens (tertiary/aromatic N) is 1. The predicted octanol–water partition coefficient (Wildman–Crippen LogP) is 0.981. The highest BCUT2D eigenvalue weighted by atomic mass is 19.2. The van der Waals surface area contributed by atoms with E-state index in [2.05, 4.69) is 15.7 Å². The van der Waals surface area contributed by atoms with Gasteiger partial charge in [-0.25, -0.2) is 24.0 Å². The van der Waals surface area contributed by atoms with Crippen molar-refractivity contribution in [2.24, 2.45) is 10.8 Å². The van der Waals surface area contributed by atoms with Gasteiger partial charge >= 0.3 is 0 Å². The summed E-state index contributed by atoms with van der Waals surface area (Å²) in [6.45, 7) is 0.661. The van der Waals surface area contributed by atoms with Crippen LogP contribution in [0.2, 0.25) is 0 Å². The maximum absolute atomic E-state index is 12.9. The second-order valence-electron chi connectivity index (χ2n) is 3.25. The first-order valence-electron chi connectivity index (χ1n) is 5.00. The molecule has 0 heterocycles. The number of benzene rings is 1. The first kappa shape index (κ1) is 14.3. The highest BCUT2D eigenvalue weighted by molar-refractivity contribution is 5.93. The summed E-state index contributed by atoms with van der Waals surface area (Å²) in [6, 6.07) is 1.59. The zero-order chi connectivity index (χ0) is 13.5. The monoisotopic (exact) mass is 262 g/mol. The van der Waals surface area contributed by atoms with E-state index in [0.29, 0.717) is 13.2 Å². The highest BCUT2D eigenvalue weighted by Gasteiger charge is 2.11. The van der Waals surface area contributed by atoms with Gasteiger partial charge in [-0.05, 0) is 0 Å². The Balaban J connectivity index is 2.79. The lowest BCUT2D eigenvalue weighted by molar-refractivity contribution is 0.208. The molecule has 0 spiro atoms. The van der Waals surface area contributed by atoms with E-state index in [9.17, 15) is 13.2 Å². The van der Waals surface area contributed by atoms with Crippen LogP contribution < -0.4 is 16.6 Å². The van der Waals surface area contributed by atoms with E-state index < -0.39 is 17.5 Å². The molecule has 8 heteroatoms. The molecule has 0 saturated heterocycles. The van der Waals surface area contributed by atoms with Crippen LogP contribution in [-0.2, 0) is 4.74 Å². The van der Waals surface area contributed by atoms with Crippen LogP contribution in [0.1, 0.15) is 0 Å². The molecular weight excluding hydrogens is 249 g/mol. The van der Waals surface area contributed by atoms with Gasteiger partial charge in [0.1, 0.15) is 0 Å². The first-order chi connectivity index (χ1) is 8.58. The molecule has 0 aromatic heterocycles. The van der Waals surface area contributed by atoms with Crippen molar-refractivity contribution in [3.8, 4) is 0 Å². The number of ether oxygens (including phenoxy) is 1. The number of hydrogen-bond donors (Lipinski definition) is 3. The van der Waals surface area contributed by atoms with Crippen LogP contribution in [0, 0.1) is 17.5 Å². The number of hydrazine groups is 1. The maximum Gasteiger partial charge on any atom is 0.210 e. The second kappa shape index (κ2) is 6.82. The van der Waals surface area contributed by atoms with Crippen molar-refractivity contribution in [2.45, 2.75) is 0 Å². The number of nitrogens with two attached hydrogens (primary N) is 1. The van der Waals surface area contributed by atoms with Crippen molar-refractivity contribution in [3.05, 3.63) is 29.6 Å². The van der Waals surface area contributed by atoms with E-state index in [-0.39, 0.29) is 11.6 Å². The Hall–Kier alpha value is -1.80. The van der Waals surface area contributed by atoms with Gasteiger partial charge in [0.25, 0.3) is 0 Å². The summed E-state index contributed by atoms with van der Waals surface area (Å²) in [5.41, 5.74) is 2.19. The van der Waals surface area contributed by atoms with Crippen LogP contribution in [0.25, 0.3) is 0 Å². The van der Waals surface area contributed by atoms with Crippen LogP contribution >= 0.6 is 0 Å². The third-order valence-electron chi connectivity index (χ3n) is 1.95. The molecule has 0 fully saturated rings. The Morgan fingerprint density at radius 2 is 1.94 bits per heavy atom. The first-order valence-corrected chi connectivity index (χ1v) is 5.00. The number of anilines is 1. The van der Waals surface area contributed by atoms with Crippen LogP contribution in [0.5, 0.6) is 0 Å². The minimum atomic E-state index is -1.53. The lowest BCUT2D eigenvalue weighted by Crippen LogP contribution is -2.36. The molecule has 0 amide bonds. The third-order valence-corrected chi connectivity index (χ3v) is 1.95. The van der Waals surface area contributed by atoms with E-state index in [1.54, 1.807) is 0 Å². The fourth-order valence-electron chi connectivity index (χ4n) is 1.13. The molecule has 4 N–H and O–H groups in total. The van der Waals surface area contributed by atoms with Crippen LogP contribution in [0.15, 0.2) is 17.1 Å². The minimum Gasteiger partial charge on any atom is -0.383 e. The molecule has 100 valence electrons. The number of guanidine groups is 1. The summed E-state index contributed by atoms with van der Waals surface area (Å²) in [5.74, 6) is 1.12. The topological polar surface area (TPSA) is 71.7 Å². The molecule has 0 aliphatic heterocycles. The molecule has 0 bridgehead atoms. The van der Waals surface area contributed by atoms with Crippen molar-refractivity contribution >= 4 is 11.6 Å². The third kappa shape index (κ3) is 3.90. The molecular formula is C10H13F3N4O. The van der Waals surface area contributed by atoms with Gasteiger partial charge in [0.05, 0.1) is 13.2 Å². The average Bonchev–Trinajstić information content (AvgIpc) is 2.34. The molecule has 0 radical (unpaired) electrons. The number of methoxy groups -OCH3 is 1. The maximum atomic E-state index is 12.9. The molecule has 0 saturated carbocycles. The summed E-state index contributed by atoms with van der Waals surface area (Å²) < 4.78 is 43.4. The van der Waals surface area contributed by atoms with Gasteiger partial charge < -0.3 is 10.1 Å². The van der Waals surface area contributed by atoms with Gasteiger partial charge in [0, 0.05) is 24.9 Å². The lowest BCUT2D eigenvalue weighted by Gasteiger charge is -2.09. The van der Waals surface area contributed by atoms with Crippen molar-refractivity contribution in [3.63, 3.8) is 0 Å². The molecule has 0 aliphatic rings. The predicted molar refractivity (Wildman–Crippen MR) is 61.4 cm³/mol. The highest BCUT2D eigenvalue weighted by Crippen LogP contribution is 2.17. The molecule has 1 aromatic carbocycles. The van der Waals surface area contributed by atoms with E-state index in [1.807, 2.05) is 0 Å². The summed E-state index contributed by atoms with van der Waals surface area (Å²) in [7, 11) is 1.50. The van der Waals surface area contributed by atoms with Gasteiger partial charge in [-0.3, -0.25) is 5.43 Å². The number of hydrogen-bond acceptors (Lipinski definition) is 3. The van der Waals surface area contributed by atoms with E-state index in [4.69, 9.17) is 10.6 Å². The van der Waals surface area contributed by atoms with E-state index >= 15 is 0 Å². The molecule has 18 heavy (non-hydrogen) atoms. The smallest absolute Gasteiger partial charge is 0.210 e. The van der Waals surface area contributed by atoms with E-state index in [0.717, 1.165) is 12.1 Å². The Morgan fingerprint density at radius 3 is 2.44 bits per heavy atom. The fraction of sp³-hybridized carbons (Fsp3) is 0.300. The quantitative estimate of drug-likeness (QED) is 0.189. The fourth-order valence-corrected chi connectivity index (χ4v) is 1.13. The number of nitrogens with one attached hydrogen (secondary N) is 2. The molecule has 0 unspecified atom stereocenters. The lowest BCUT2D eigenvalue weighted by atomic mass is 10.3. The van der Waals surface area contributed by atoms with Crippen molar-refractivity contribution in [1.29, 1.82) is 0 Å². The molecule has 5 nitrogen and oxygen atoms in total. The van der Waals surface area contributed by atoms with Gasteiger partial charge in [-0.1, -0.05) is 0 Å². The van der Waals surface area contributed by atoms with Crippen molar-refractivity contribution < 1.29 is 17.9 Å². The van der Waals surface area contributed by atoms with Gasteiger partial charge in [0.15, 0.2) is 17.5 Å². The number of rotatable bonds is 4. The second-order valence-corrected chi connectivity index (χ2v) is 3.25. The molecule has 0 aliphatic carbocycles. The van der Waals surface area contributed by atoms with Crippen LogP contribution in [0.4, 0.5) is 18.9 Å². The molecule has 1 rings (SSSR count). The van der Waals surface area contributed by atoms with Crippen LogP contribution in [0.3, 0.4) is 0 Å². The molecule has 1 aromatic rings. The Labute approximate surface area is 102 Å². The Morgan fingerprint density at radius 1 is 1.33 bits per heavy atom. The van der Waals surface area contributed by atoms with Crippen molar-refractivity contribution in [1.82, 2.24) is 5.43 Å². The summed E-state index contributed by atoms with van der Waals surface area (Å²) >= 11 is 0. The zero-order valence-corrected chi connectivity index (χ0v) is 9.64. The number of halogens is 3. The summed E-state index contributed by atoms with van der Waals surface area (Å²) in [4.78, 5) is 3.91. The normalized spacial score (nSPS) is 11.5. The molecule has 0 atom stereocenters. The average molecular weight is 262 g/mol. The number of aliphatic imine (C=N–C) groups is 1. The van der Waals surface area contributed by atoms with Crippen molar-refractivity contribution in [2.75, 3.05) is 25.6 Å². The van der Waals surface area contributed by atoms with Crippen LogP contribution in [-0.4, -0.2) is 26.2 Å². The van der Waals surface area contributed by atoms with Gasteiger partial charge in [-0.15, -0.1) is 0 Å². The minimum absolute atomic E-state index is 0.0134. The van der Waals surface area contributed by atoms with E-state index in [1.165, 1.54) is 7.11 Å². The van der Waals surface area contributed by atoms with Gasteiger partial charge in [0.2, 0.25) is 5.96 Å². The largest absolute Gasteiger partial charge is 0.383 e. The zero-order valence-electron chi connectivity index (χ0n) is 9.64. The SMILES string of the molecule is COCCN=C(NN)Nc1cc(F)c(F)c(F)c1. The van der Waals surface area contributed by atoms with Gasteiger partial charge in [-0.2, -0.15) is 0 Å². The Kier molecular flexibility index (Phi) is 5.40. The Bertz CT molecular complexity index is 416. The summed E-state index contributed by atoms with van der Waals surface area (Å²) in [6.07, 6.45) is 0. The standard InChI is InChI=1S/C10H13F3N4O/c1-18-3-2-15-10(17-14)16-6-4-7(11)9(13)8(12)5-6/h4-5H,2-3,14H2,1H3,(H2,15,16,17).